The number of nitrogens with zero attached hydrogens (tertiary/aromatic N) is 1. The summed E-state index contributed by atoms with van der Waals surface area (Å²) in [5, 5.41) is 3.39. The Morgan fingerprint density at radius 3 is 2.57 bits per heavy atom. The zero-order chi connectivity index (χ0) is 19.7. The Bertz CT molecular complexity index is 933. The Labute approximate surface area is 162 Å². The topological polar surface area (TPSA) is 80.3 Å². The molecule has 1 aliphatic carbocycles. The van der Waals surface area contributed by atoms with E-state index in [1.165, 1.54) is 12.3 Å². The molecule has 28 heavy (non-hydrogen) atoms. The summed E-state index contributed by atoms with van der Waals surface area (Å²) < 4.78 is 59.3. The van der Waals surface area contributed by atoms with Gasteiger partial charge < -0.3 is 10.1 Å². The number of benzene rings is 1. The van der Waals surface area contributed by atoms with Gasteiger partial charge in [0.2, 0.25) is 0 Å². The molecule has 1 aromatic carbocycles. The first-order valence-corrected chi connectivity index (χ1v) is 10.7. The maximum atomic E-state index is 13.3. The number of hydrogen-bond donors (Lipinski definition) is 2. The van der Waals surface area contributed by atoms with Crippen LogP contribution in [-0.4, -0.2) is 32.2 Å². The molecular weight excluding hydrogens is 388 g/mol. The van der Waals surface area contributed by atoms with Gasteiger partial charge in [0.15, 0.2) is 0 Å². The molecule has 0 radical (unpaired) electrons. The third-order valence-electron chi connectivity index (χ3n) is 5.28. The molecule has 2 aromatic rings. The van der Waals surface area contributed by atoms with E-state index in [-0.39, 0.29) is 16.6 Å². The van der Waals surface area contributed by atoms with Gasteiger partial charge in [-0.25, -0.2) is 22.2 Å². The lowest BCUT2D eigenvalue weighted by molar-refractivity contribution is 0.0619. The number of rotatable bonds is 5. The second-order valence-electron chi connectivity index (χ2n) is 7.19. The first kappa shape index (κ1) is 19.1. The molecule has 3 unspecified atom stereocenters. The normalized spacial score (nSPS) is 24.6. The molecule has 2 heterocycles. The van der Waals surface area contributed by atoms with E-state index in [0.29, 0.717) is 23.9 Å². The molecule has 1 saturated heterocycles. The lowest BCUT2D eigenvalue weighted by atomic mass is 9.82. The van der Waals surface area contributed by atoms with E-state index in [9.17, 15) is 17.2 Å². The Balaban J connectivity index is 1.46. The van der Waals surface area contributed by atoms with Gasteiger partial charge in [-0.2, -0.15) is 0 Å². The van der Waals surface area contributed by atoms with Crippen molar-refractivity contribution in [1.82, 2.24) is 4.98 Å². The van der Waals surface area contributed by atoms with Crippen LogP contribution >= 0.6 is 0 Å². The first-order valence-electron chi connectivity index (χ1n) is 9.24. The molecule has 4 rings (SSSR count). The molecule has 1 aliphatic heterocycles. The molecule has 0 amide bonds. The molecule has 150 valence electrons. The van der Waals surface area contributed by atoms with Crippen molar-refractivity contribution in [2.45, 2.75) is 42.7 Å². The predicted molar refractivity (Wildman–Crippen MR) is 101 cm³/mol. The zero-order valence-electron chi connectivity index (χ0n) is 15.1. The monoisotopic (exact) mass is 409 g/mol. The highest BCUT2D eigenvalue weighted by atomic mass is 32.2. The van der Waals surface area contributed by atoms with Gasteiger partial charge in [0.05, 0.1) is 11.8 Å². The maximum absolute atomic E-state index is 13.3. The second kappa shape index (κ2) is 7.63. The van der Waals surface area contributed by atoms with Crippen molar-refractivity contribution in [2.24, 2.45) is 5.92 Å². The van der Waals surface area contributed by atoms with Crippen LogP contribution in [0.15, 0.2) is 41.4 Å². The predicted octanol–water partition coefficient (Wildman–Crippen LogP) is 3.53. The molecule has 2 fully saturated rings. The minimum Gasteiger partial charge on any atom is -0.378 e. The van der Waals surface area contributed by atoms with Gasteiger partial charge >= 0.3 is 0 Å². The van der Waals surface area contributed by atoms with Gasteiger partial charge in [0.25, 0.3) is 10.0 Å². The largest absolute Gasteiger partial charge is 0.378 e. The van der Waals surface area contributed by atoms with Crippen molar-refractivity contribution in [3.63, 3.8) is 0 Å². The standard InChI is InChI=1S/C19H21F2N3O3S/c20-12-8-13(21)10-14(9-12)24-28(25,26)15-4-5-19(22-11-15)23-17-2-1-3-18-16(17)6-7-27-18/h4-5,8-11,16-18,24H,1-3,6-7H2,(H,22,23). The summed E-state index contributed by atoms with van der Waals surface area (Å²) in [5.41, 5.74) is -0.186. The zero-order valence-corrected chi connectivity index (χ0v) is 15.9. The van der Waals surface area contributed by atoms with Gasteiger partial charge in [-0.3, -0.25) is 4.72 Å². The molecule has 2 aliphatic rings. The smallest absolute Gasteiger partial charge is 0.263 e. The van der Waals surface area contributed by atoms with Crippen molar-refractivity contribution >= 4 is 21.5 Å². The van der Waals surface area contributed by atoms with E-state index in [2.05, 4.69) is 15.0 Å². The number of pyridine rings is 1. The van der Waals surface area contributed by atoms with Gasteiger partial charge in [0.1, 0.15) is 22.3 Å². The summed E-state index contributed by atoms with van der Waals surface area (Å²) in [6, 6.07) is 5.76. The Morgan fingerprint density at radius 2 is 1.86 bits per heavy atom. The van der Waals surface area contributed by atoms with Crippen LogP contribution in [0.3, 0.4) is 0 Å². The van der Waals surface area contributed by atoms with E-state index in [1.54, 1.807) is 6.07 Å². The average molecular weight is 409 g/mol. The number of aromatic nitrogens is 1. The fraction of sp³-hybridized carbons (Fsp3) is 0.421. The molecule has 3 atom stereocenters. The summed E-state index contributed by atoms with van der Waals surface area (Å²) in [5.74, 6) is -0.689. The minimum absolute atomic E-state index is 0.0894. The third-order valence-corrected chi connectivity index (χ3v) is 6.64. The quantitative estimate of drug-likeness (QED) is 0.790. The van der Waals surface area contributed by atoms with Crippen molar-refractivity contribution in [3.8, 4) is 0 Å². The molecular formula is C19H21F2N3O3S. The Kier molecular flexibility index (Phi) is 5.20. The number of anilines is 2. The van der Waals surface area contributed by atoms with E-state index < -0.39 is 21.7 Å². The minimum atomic E-state index is -4.00. The van der Waals surface area contributed by atoms with Gasteiger partial charge in [-0.05, 0) is 49.9 Å². The van der Waals surface area contributed by atoms with Crippen LogP contribution in [0.2, 0.25) is 0 Å². The van der Waals surface area contributed by atoms with Gasteiger partial charge in [0, 0.05) is 30.8 Å². The average Bonchev–Trinajstić information content (AvgIpc) is 3.11. The van der Waals surface area contributed by atoms with Crippen LogP contribution in [0.5, 0.6) is 0 Å². The van der Waals surface area contributed by atoms with Gasteiger partial charge in [-0.1, -0.05) is 0 Å². The number of nitrogens with one attached hydrogen (secondary N) is 2. The van der Waals surface area contributed by atoms with Crippen LogP contribution in [0.4, 0.5) is 20.3 Å². The Hall–Kier alpha value is -2.26. The molecule has 0 bridgehead atoms. The highest BCUT2D eigenvalue weighted by Crippen LogP contribution is 2.35. The van der Waals surface area contributed by atoms with Gasteiger partial charge in [-0.15, -0.1) is 0 Å². The summed E-state index contributed by atoms with van der Waals surface area (Å²) in [6.07, 6.45) is 5.73. The number of fused-ring (bicyclic) bond motifs is 1. The second-order valence-corrected chi connectivity index (χ2v) is 8.87. The van der Waals surface area contributed by atoms with E-state index in [1.807, 2.05) is 0 Å². The van der Waals surface area contributed by atoms with Crippen molar-refractivity contribution < 1.29 is 21.9 Å². The van der Waals surface area contributed by atoms with E-state index in [0.717, 1.165) is 44.4 Å². The molecule has 6 nitrogen and oxygen atoms in total. The fourth-order valence-corrected chi connectivity index (χ4v) is 4.98. The highest BCUT2D eigenvalue weighted by Gasteiger charge is 2.37. The van der Waals surface area contributed by atoms with Crippen LogP contribution in [0.25, 0.3) is 0 Å². The molecule has 0 spiro atoms. The number of halogens is 2. The molecule has 1 aromatic heterocycles. The lowest BCUT2D eigenvalue weighted by Crippen LogP contribution is -2.38. The van der Waals surface area contributed by atoms with Crippen LogP contribution in [0, 0.1) is 17.6 Å². The van der Waals surface area contributed by atoms with Crippen molar-refractivity contribution in [3.05, 3.63) is 48.2 Å². The van der Waals surface area contributed by atoms with E-state index >= 15 is 0 Å². The number of hydrogen-bond acceptors (Lipinski definition) is 5. The van der Waals surface area contributed by atoms with Crippen molar-refractivity contribution in [1.29, 1.82) is 0 Å². The van der Waals surface area contributed by atoms with Crippen LogP contribution < -0.4 is 10.0 Å². The number of ether oxygens (including phenoxy) is 1. The van der Waals surface area contributed by atoms with E-state index in [4.69, 9.17) is 4.74 Å². The highest BCUT2D eigenvalue weighted by molar-refractivity contribution is 7.92. The van der Waals surface area contributed by atoms with Crippen molar-refractivity contribution in [2.75, 3.05) is 16.6 Å². The number of sulfonamides is 1. The summed E-state index contributed by atoms with van der Waals surface area (Å²) >= 11 is 0. The third kappa shape index (κ3) is 4.10. The summed E-state index contributed by atoms with van der Waals surface area (Å²) in [4.78, 5) is 4.12. The lowest BCUT2D eigenvalue weighted by Gasteiger charge is -2.33. The van der Waals surface area contributed by atoms with Crippen LogP contribution in [-0.2, 0) is 14.8 Å². The maximum Gasteiger partial charge on any atom is 0.263 e. The molecule has 2 N–H and O–H groups in total. The van der Waals surface area contributed by atoms with Crippen LogP contribution in [0.1, 0.15) is 25.7 Å². The summed E-state index contributed by atoms with van der Waals surface area (Å²) in [7, 11) is -4.00. The fourth-order valence-electron chi connectivity index (χ4n) is 4.00. The first-order chi connectivity index (χ1) is 13.4. The Morgan fingerprint density at radius 1 is 1.07 bits per heavy atom. The molecule has 9 heteroatoms. The SMILES string of the molecule is O=S(=O)(Nc1cc(F)cc(F)c1)c1ccc(NC2CCCC3OCCC23)nc1. The summed E-state index contributed by atoms with van der Waals surface area (Å²) in [6.45, 7) is 0.782. The molecule has 1 saturated carbocycles.